The van der Waals surface area contributed by atoms with E-state index in [0.29, 0.717) is 6.54 Å². The van der Waals surface area contributed by atoms with E-state index in [1.807, 2.05) is 20.8 Å². The molecule has 0 radical (unpaired) electrons. The number of nitrogens with one attached hydrogen (secondary N) is 3. The molecule has 0 saturated heterocycles. The minimum atomic E-state index is -0.452. The molecule has 1 amide bonds. The molecule has 23 heavy (non-hydrogen) atoms. The topological polar surface area (TPSA) is 74.8 Å². The maximum Gasteiger partial charge on any atom is 0.407 e. The van der Waals surface area contributed by atoms with Crippen LogP contribution in [0.4, 0.5) is 4.79 Å². The highest BCUT2D eigenvalue weighted by atomic mass is 127. The predicted molar refractivity (Wildman–Crippen MR) is 108 cm³/mol. The summed E-state index contributed by atoms with van der Waals surface area (Å²) in [5, 5.41) is 9.25. The Morgan fingerprint density at radius 3 is 2.04 bits per heavy atom. The van der Waals surface area contributed by atoms with Crippen molar-refractivity contribution in [2.75, 3.05) is 26.7 Å². The van der Waals surface area contributed by atoms with Gasteiger partial charge in [0.05, 0.1) is 0 Å². The number of ether oxygens (including phenoxy) is 1. The van der Waals surface area contributed by atoms with Gasteiger partial charge in [0.1, 0.15) is 5.60 Å². The van der Waals surface area contributed by atoms with Crippen molar-refractivity contribution in [2.45, 2.75) is 65.4 Å². The number of alkyl carbamates (subject to hydrolysis) is 1. The predicted octanol–water partition coefficient (Wildman–Crippen LogP) is 3.26. The normalized spacial score (nSPS) is 11.4. The maximum absolute atomic E-state index is 11.4. The van der Waals surface area contributed by atoms with Crippen molar-refractivity contribution < 1.29 is 9.53 Å². The van der Waals surface area contributed by atoms with E-state index in [0.717, 1.165) is 31.9 Å². The second-order valence-corrected chi connectivity index (χ2v) is 6.27. The second kappa shape index (κ2) is 14.8. The van der Waals surface area contributed by atoms with Crippen molar-refractivity contribution in [3.05, 3.63) is 0 Å². The molecule has 3 N–H and O–H groups in total. The molecule has 0 fully saturated rings. The van der Waals surface area contributed by atoms with Crippen molar-refractivity contribution in [3.63, 3.8) is 0 Å². The van der Waals surface area contributed by atoms with Gasteiger partial charge in [-0.25, -0.2) is 4.79 Å². The number of hydrogen-bond donors (Lipinski definition) is 3. The van der Waals surface area contributed by atoms with Gasteiger partial charge in [-0.05, 0) is 33.6 Å². The molecule has 0 saturated carbocycles. The van der Waals surface area contributed by atoms with E-state index in [1.165, 1.54) is 19.3 Å². The van der Waals surface area contributed by atoms with Crippen molar-refractivity contribution in [3.8, 4) is 0 Å². The monoisotopic (exact) mass is 442 g/mol. The summed E-state index contributed by atoms with van der Waals surface area (Å²) in [6.45, 7) is 10.0. The number of hydrogen-bond acceptors (Lipinski definition) is 3. The van der Waals surface area contributed by atoms with E-state index in [1.54, 1.807) is 7.05 Å². The highest BCUT2D eigenvalue weighted by Gasteiger charge is 2.15. The highest BCUT2D eigenvalue weighted by molar-refractivity contribution is 14.0. The van der Waals surface area contributed by atoms with Crippen molar-refractivity contribution >= 4 is 36.0 Å². The smallest absolute Gasteiger partial charge is 0.407 e. The molecule has 138 valence electrons. The van der Waals surface area contributed by atoms with Crippen LogP contribution in [0.3, 0.4) is 0 Å². The largest absolute Gasteiger partial charge is 0.444 e. The average molecular weight is 442 g/mol. The first kappa shape index (κ1) is 24.5. The average Bonchev–Trinajstić information content (AvgIpc) is 2.42. The van der Waals surface area contributed by atoms with Gasteiger partial charge in [0.15, 0.2) is 5.96 Å². The number of guanidine groups is 1. The lowest BCUT2D eigenvalue weighted by Crippen LogP contribution is -2.39. The fourth-order valence-corrected chi connectivity index (χ4v) is 1.78. The quantitative estimate of drug-likeness (QED) is 0.222. The van der Waals surface area contributed by atoms with Gasteiger partial charge in [-0.1, -0.05) is 26.2 Å². The molecule has 0 atom stereocenters. The summed E-state index contributed by atoms with van der Waals surface area (Å²) in [5.74, 6) is 0.814. The lowest BCUT2D eigenvalue weighted by atomic mass is 10.2. The Balaban J connectivity index is 0. The SMILES string of the molecule is CCCCCCNC(=NC)NCCCNC(=O)OC(C)(C)C.I. The van der Waals surface area contributed by atoms with Gasteiger partial charge in [-0.3, -0.25) is 4.99 Å². The summed E-state index contributed by atoms with van der Waals surface area (Å²) in [4.78, 5) is 15.6. The zero-order valence-electron chi connectivity index (χ0n) is 15.3. The van der Waals surface area contributed by atoms with Gasteiger partial charge in [-0.15, -0.1) is 24.0 Å². The van der Waals surface area contributed by atoms with E-state index < -0.39 is 5.60 Å². The Hall–Kier alpha value is -0.730. The molecule has 0 unspecified atom stereocenters. The molecule has 0 aromatic heterocycles. The van der Waals surface area contributed by atoms with E-state index in [-0.39, 0.29) is 30.1 Å². The summed E-state index contributed by atoms with van der Waals surface area (Å²) >= 11 is 0. The zero-order chi connectivity index (χ0) is 16.8. The van der Waals surface area contributed by atoms with Crippen LogP contribution in [0, 0.1) is 0 Å². The van der Waals surface area contributed by atoms with Gasteiger partial charge in [0.25, 0.3) is 0 Å². The van der Waals surface area contributed by atoms with Crippen LogP contribution >= 0.6 is 24.0 Å². The molecule has 0 aliphatic carbocycles. The first-order chi connectivity index (χ1) is 10.4. The number of carbonyl (C=O) groups excluding carboxylic acids is 1. The Kier molecular flexibility index (Phi) is 15.8. The number of carbonyl (C=O) groups is 1. The van der Waals surface area contributed by atoms with Crippen LogP contribution in [0.2, 0.25) is 0 Å². The Bertz CT molecular complexity index is 331. The van der Waals surface area contributed by atoms with Crippen LogP contribution in [0.25, 0.3) is 0 Å². The third kappa shape index (κ3) is 17.5. The fraction of sp³-hybridized carbons (Fsp3) is 0.875. The molecule has 0 bridgehead atoms. The van der Waals surface area contributed by atoms with Crippen LogP contribution in [0.1, 0.15) is 59.8 Å². The Morgan fingerprint density at radius 2 is 1.52 bits per heavy atom. The first-order valence-electron chi connectivity index (χ1n) is 8.30. The van der Waals surface area contributed by atoms with E-state index in [9.17, 15) is 4.79 Å². The number of nitrogens with zero attached hydrogens (tertiary/aromatic N) is 1. The molecular formula is C16H35IN4O2. The van der Waals surface area contributed by atoms with E-state index >= 15 is 0 Å². The second-order valence-electron chi connectivity index (χ2n) is 6.27. The molecule has 0 heterocycles. The van der Waals surface area contributed by atoms with Gasteiger partial charge >= 0.3 is 6.09 Å². The first-order valence-corrected chi connectivity index (χ1v) is 8.30. The van der Waals surface area contributed by atoms with Crippen molar-refractivity contribution in [2.24, 2.45) is 4.99 Å². The van der Waals surface area contributed by atoms with Gasteiger partial charge in [0.2, 0.25) is 0 Å². The fourth-order valence-electron chi connectivity index (χ4n) is 1.78. The lowest BCUT2D eigenvalue weighted by molar-refractivity contribution is 0.0527. The Labute approximate surface area is 158 Å². The van der Waals surface area contributed by atoms with Crippen LogP contribution in [0.5, 0.6) is 0 Å². The Morgan fingerprint density at radius 1 is 0.957 bits per heavy atom. The summed E-state index contributed by atoms with van der Waals surface area (Å²) in [5.41, 5.74) is -0.452. The third-order valence-electron chi connectivity index (χ3n) is 2.86. The summed E-state index contributed by atoms with van der Waals surface area (Å²) in [7, 11) is 1.76. The van der Waals surface area contributed by atoms with Crippen molar-refractivity contribution in [1.29, 1.82) is 0 Å². The molecule has 0 rings (SSSR count). The van der Waals surface area contributed by atoms with Crippen LogP contribution in [-0.4, -0.2) is 44.3 Å². The lowest BCUT2D eigenvalue weighted by Gasteiger charge is -2.19. The minimum Gasteiger partial charge on any atom is -0.444 e. The summed E-state index contributed by atoms with van der Waals surface area (Å²) in [6.07, 6.45) is 5.39. The molecule has 0 aromatic carbocycles. The molecule has 6 nitrogen and oxygen atoms in total. The van der Waals surface area contributed by atoms with E-state index in [4.69, 9.17) is 4.74 Å². The van der Waals surface area contributed by atoms with Gasteiger partial charge < -0.3 is 20.7 Å². The number of halogens is 1. The number of unbranched alkanes of at least 4 members (excludes halogenated alkanes) is 3. The zero-order valence-corrected chi connectivity index (χ0v) is 17.7. The minimum absolute atomic E-state index is 0. The number of aliphatic imine (C=N–C) groups is 1. The van der Waals surface area contributed by atoms with Crippen molar-refractivity contribution in [1.82, 2.24) is 16.0 Å². The summed E-state index contributed by atoms with van der Waals surface area (Å²) < 4.78 is 5.17. The van der Waals surface area contributed by atoms with Gasteiger partial charge in [0, 0.05) is 26.7 Å². The molecular weight excluding hydrogens is 407 g/mol. The molecule has 0 aliphatic rings. The highest BCUT2D eigenvalue weighted by Crippen LogP contribution is 2.06. The number of amides is 1. The van der Waals surface area contributed by atoms with E-state index in [2.05, 4.69) is 27.9 Å². The molecule has 7 heteroatoms. The van der Waals surface area contributed by atoms with Crippen LogP contribution in [0.15, 0.2) is 4.99 Å². The standard InChI is InChI=1S/C16H34N4O2.HI/c1-6-7-8-9-11-18-14(17-5)19-12-10-13-20-15(21)22-16(2,3)4;/h6-13H2,1-5H3,(H,20,21)(H2,17,18,19);1H. The van der Waals surface area contributed by atoms with Crippen LogP contribution in [-0.2, 0) is 4.74 Å². The number of rotatable bonds is 9. The molecule has 0 aromatic rings. The molecule has 0 aliphatic heterocycles. The molecule has 0 spiro atoms. The third-order valence-corrected chi connectivity index (χ3v) is 2.86. The maximum atomic E-state index is 11.4. The van der Waals surface area contributed by atoms with Crippen LogP contribution < -0.4 is 16.0 Å². The summed E-state index contributed by atoms with van der Waals surface area (Å²) in [6, 6.07) is 0. The van der Waals surface area contributed by atoms with Gasteiger partial charge in [-0.2, -0.15) is 0 Å².